The van der Waals surface area contributed by atoms with Gasteiger partial charge in [0, 0.05) is 49.6 Å². The summed E-state index contributed by atoms with van der Waals surface area (Å²) in [7, 11) is 1.53. The average molecular weight is 354 g/mol. The fourth-order valence-corrected chi connectivity index (χ4v) is 2.72. The van der Waals surface area contributed by atoms with Gasteiger partial charge in [0.2, 0.25) is 5.95 Å². The third-order valence-electron chi connectivity index (χ3n) is 4.02. The van der Waals surface area contributed by atoms with Crippen LogP contribution in [0.5, 0.6) is 0 Å². The van der Waals surface area contributed by atoms with E-state index in [1.54, 1.807) is 0 Å². The van der Waals surface area contributed by atoms with E-state index in [-0.39, 0.29) is 12.3 Å². The van der Waals surface area contributed by atoms with E-state index in [4.69, 9.17) is 0 Å². The number of carbonyl (C=O) groups is 1. The molecule has 134 valence electrons. The molecule has 3 rings (SSSR count). The topological polar surface area (TPSA) is 86.8 Å². The molecule has 3 heterocycles. The summed E-state index contributed by atoms with van der Waals surface area (Å²) in [5, 5.41) is 9.43. The highest BCUT2D eigenvalue weighted by atomic mass is 19.4. The summed E-state index contributed by atoms with van der Waals surface area (Å²) in [4.78, 5) is 22.1. The number of amides is 1. The monoisotopic (exact) mass is 354 g/mol. The number of aromatic amines is 1. The third kappa shape index (κ3) is 3.89. The molecule has 0 atom stereocenters. The minimum absolute atomic E-state index is 0.187. The molecular formula is C15H17F3N6O. The maximum absolute atomic E-state index is 12.4. The van der Waals surface area contributed by atoms with Crippen LogP contribution >= 0.6 is 0 Å². The molecule has 2 N–H and O–H groups in total. The Morgan fingerprint density at radius 3 is 2.96 bits per heavy atom. The molecule has 0 bridgehead atoms. The van der Waals surface area contributed by atoms with Crippen LogP contribution in [0.3, 0.4) is 0 Å². The van der Waals surface area contributed by atoms with Crippen LogP contribution < -0.4 is 10.2 Å². The second-order valence-electron chi connectivity index (χ2n) is 5.74. The Hall–Kier alpha value is -2.65. The first kappa shape index (κ1) is 17.2. The Morgan fingerprint density at radius 1 is 1.44 bits per heavy atom. The minimum Gasteiger partial charge on any atom is -0.354 e. The van der Waals surface area contributed by atoms with E-state index in [2.05, 4.69) is 25.5 Å². The molecule has 1 aliphatic rings. The smallest absolute Gasteiger partial charge is 0.354 e. The second-order valence-corrected chi connectivity index (χ2v) is 5.74. The summed E-state index contributed by atoms with van der Waals surface area (Å²) < 4.78 is 37.1. The molecule has 2 aromatic rings. The Bertz CT molecular complexity index is 773. The SMILES string of the molecule is CNC(=O)c1n[nH]c2c1CN(c1nccc(CCC(F)(F)F)n1)CC2. The Kier molecular flexibility index (Phi) is 4.60. The van der Waals surface area contributed by atoms with Gasteiger partial charge in [0.1, 0.15) is 0 Å². The molecule has 2 aromatic heterocycles. The van der Waals surface area contributed by atoms with Gasteiger partial charge in [-0.2, -0.15) is 18.3 Å². The number of aromatic nitrogens is 4. The van der Waals surface area contributed by atoms with Gasteiger partial charge in [-0.05, 0) is 12.5 Å². The number of hydrogen-bond donors (Lipinski definition) is 2. The van der Waals surface area contributed by atoms with Crippen molar-refractivity contribution >= 4 is 11.9 Å². The lowest BCUT2D eigenvalue weighted by Crippen LogP contribution is -2.33. The summed E-state index contributed by atoms with van der Waals surface area (Å²) in [6.45, 7) is 0.961. The van der Waals surface area contributed by atoms with E-state index in [1.807, 2.05) is 4.90 Å². The summed E-state index contributed by atoms with van der Waals surface area (Å²) in [5.41, 5.74) is 2.29. The van der Waals surface area contributed by atoms with Crippen LogP contribution in [0.1, 0.15) is 33.9 Å². The van der Waals surface area contributed by atoms with Crippen LogP contribution in [-0.2, 0) is 19.4 Å². The summed E-state index contributed by atoms with van der Waals surface area (Å²) in [6, 6.07) is 1.48. The summed E-state index contributed by atoms with van der Waals surface area (Å²) >= 11 is 0. The van der Waals surface area contributed by atoms with Gasteiger partial charge < -0.3 is 10.2 Å². The van der Waals surface area contributed by atoms with Crippen LogP contribution in [0, 0.1) is 0 Å². The lowest BCUT2D eigenvalue weighted by atomic mass is 10.1. The number of nitrogens with zero attached hydrogens (tertiary/aromatic N) is 4. The number of hydrogen-bond acceptors (Lipinski definition) is 5. The van der Waals surface area contributed by atoms with Gasteiger partial charge in [0.15, 0.2) is 5.69 Å². The predicted molar refractivity (Wildman–Crippen MR) is 83.1 cm³/mol. The molecule has 0 spiro atoms. The number of halogens is 3. The maximum atomic E-state index is 12.4. The highest BCUT2D eigenvalue weighted by Crippen LogP contribution is 2.25. The lowest BCUT2D eigenvalue weighted by Gasteiger charge is -2.27. The molecule has 25 heavy (non-hydrogen) atoms. The van der Waals surface area contributed by atoms with E-state index in [0.717, 1.165) is 11.3 Å². The summed E-state index contributed by atoms with van der Waals surface area (Å²) in [5.74, 6) is 0.0635. The quantitative estimate of drug-likeness (QED) is 0.871. The van der Waals surface area contributed by atoms with Gasteiger partial charge >= 0.3 is 6.18 Å². The van der Waals surface area contributed by atoms with Crippen molar-refractivity contribution in [3.05, 3.63) is 34.9 Å². The molecule has 7 nitrogen and oxygen atoms in total. The van der Waals surface area contributed by atoms with E-state index < -0.39 is 12.6 Å². The van der Waals surface area contributed by atoms with Crippen molar-refractivity contribution in [2.45, 2.75) is 32.0 Å². The highest BCUT2D eigenvalue weighted by molar-refractivity contribution is 5.93. The Balaban J connectivity index is 1.78. The van der Waals surface area contributed by atoms with Crippen molar-refractivity contribution in [3.8, 4) is 0 Å². The molecule has 1 amide bonds. The van der Waals surface area contributed by atoms with Crippen LogP contribution in [-0.4, -0.2) is 45.8 Å². The molecule has 10 heteroatoms. The fraction of sp³-hybridized carbons (Fsp3) is 0.467. The Labute approximate surface area is 141 Å². The first-order chi connectivity index (χ1) is 11.9. The van der Waals surface area contributed by atoms with Crippen LogP contribution in [0.25, 0.3) is 0 Å². The Morgan fingerprint density at radius 2 is 2.24 bits per heavy atom. The van der Waals surface area contributed by atoms with Crippen LogP contribution in [0.4, 0.5) is 19.1 Å². The van der Waals surface area contributed by atoms with Crippen molar-refractivity contribution in [3.63, 3.8) is 0 Å². The van der Waals surface area contributed by atoms with Crippen molar-refractivity contribution in [1.82, 2.24) is 25.5 Å². The number of H-pyrrole nitrogens is 1. The molecule has 0 saturated heterocycles. The molecule has 0 radical (unpaired) electrons. The molecule has 0 saturated carbocycles. The number of carbonyl (C=O) groups excluding carboxylic acids is 1. The van der Waals surface area contributed by atoms with Gasteiger partial charge in [-0.3, -0.25) is 9.89 Å². The number of anilines is 1. The summed E-state index contributed by atoms with van der Waals surface area (Å²) in [6.07, 6.45) is -3.25. The van der Waals surface area contributed by atoms with E-state index >= 15 is 0 Å². The highest BCUT2D eigenvalue weighted by Gasteiger charge is 2.28. The van der Waals surface area contributed by atoms with Crippen molar-refractivity contribution in [2.24, 2.45) is 0 Å². The van der Waals surface area contributed by atoms with E-state index in [9.17, 15) is 18.0 Å². The first-order valence-electron chi connectivity index (χ1n) is 7.79. The molecule has 0 aliphatic carbocycles. The number of aryl methyl sites for hydroxylation is 1. The largest absolute Gasteiger partial charge is 0.389 e. The normalized spacial score (nSPS) is 14.3. The van der Waals surface area contributed by atoms with Crippen LogP contribution in [0.2, 0.25) is 0 Å². The van der Waals surface area contributed by atoms with E-state index in [1.165, 1.54) is 19.3 Å². The maximum Gasteiger partial charge on any atom is 0.389 e. The van der Waals surface area contributed by atoms with Gasteiger partial charge in [0.25, 0.3) is 5.91 Å². The van der Waals surface area contributed by atoms with Crippen LogP contribution in [0.15, 0.2) is 12.3 Å². The lowest BCUT2D eigenvalue weighted by molar-refractivity contribution is -0.134. The molecule has 1 aliphatic heterocycles. The average Bonchev–Trinajstić information content (AvgIpc) is 3.02. The minimum atomic E-state index is -4.22. The molecule has 0 fully saturated rings. The number of rotatable bonds is 4. The zero-order chi connectivity index (χ0) is 18.0. The first-order valence-corrected chi connectivity index (χ1v) is 7.79. The molecule has 0 unspecified atom stereocenters. The third-order valence-corrected chi connectivity index (χ3v) is 4.02. The number of alkyl halides is 3. The fourth-order valence-electron chi connectivity index (χ4n) is 2.72. The number of nitrogens with one attached hydrogen (secondary N) is 2. The van der Waals surface area contributed by atoms with Crippen molar-refractivity contribution in [2.75, 3.05) is 18.5 Å². The van der Waals surface area contributed by atoms with Gasteiger partial charge in [0.05, 0.1) is 6.54 Å². The number of fused-ring (bicyclic) bond motifs is 1. The second kappa shape index (κ2) is 6.69. The van der Waals surface area contributed by atoms with Crippen molar-refractivity contribution < 1.29 is 18.0 Å². The molecule has 0 aromatic carbocycles. The zero-order valence-electron chi connectivity index (χ0n) is 13.5. The standard InChI is InChI=1S/C15H17F3N6O/c1-19-13(25)12-10-8-24(7-4-11(10)22-23-12)14-20-6-3-9(21-14)2-5-15(16,17)18/h3,6H,2,4-5,7-8H2,1H3,(H,19,25)(H,22,23). The van der Waals surface area contributed by atoms with Gasteiger partial charge in [-0.1, -0.05) is 0 Å². The van der Waals surface area contributed by atoms with E-state index in [0.29, 0.717) is 36.8 Å². The van der Waals surface area contributed by atoms with Gasteiger partial charge in [-0.25, -0.2) is 9.97 Å². The van der Waals surface area contributed by atoms with Gasteiger partial charge in [-0.15, -0.1) is 0 Å². The predicted octanol–water partition coefficient (Wildman–Crippen LogP) is 1.62. The zero-order valence-corrected chi connectivity index (χ0v) is 13.5. The van der Waals surface area contributed by atoms with Crippen molar-refractivity contribution in [1.29, 1.82) is 0 Å². The molecular weight excluding hydrogens is 337 g/mol.